The first-order valence-electron chi connectivity index (χ1n) is 6.07. The summed E-state index contributed by atoms with van der Waals surface area (Å²) in [4.78, 5) is 10.5. The lowest BCUT2D eigenvalue weighted by atomic mass is 10.3. The molecule has 0 radical (unpaired) electrons. The fourth-order valence-corrected chi connectivity index (χ4v) is 1.86. The number of hydrogen-bond donors (Lipinski definition) is 1. The second-order valence-electron chi connectivity index (χ2n) is 4.29. The van der Waals surface area contributed by atoms with E-state index in [1.54, 1.807) is 6.20 Å². The predicted octanol–water partition coefficient (Wildman–Crippen LogP) is 1.98. The summed E-state index contributed by atoms with van der Waals surface area (Å²) in [7, 11) is 3.98. The molecule has 0 aromatic carbocycles. The molecule has 0 unspecified atom stereocenters. The SMILES string of the molecule is CCn1cncc1CNc1cccnc1N(C)C. The minimum atomic E-state index is 0.750. The van der Waals surface area contributed by atoms with Crippen molar-refractivity contribution in [2.24, 2.45) is 0 Å². The average molecular weight is 245 g/mol. The van der Waals surface area contributed by atoms with Gasteiger partial charge in [-0.05, 0) is 19.1 Å². The predicted molar refractivity (Wildman–Crippen MR) is 73.8 cm³/mol. The molecular formula is C13H19N5. The lowest BCUT2D eigenvalue weighted by molar-refractivity contribution is 0.719. The summed E-state index contributed by atoms with van der Waals surface area (Å²) in [6, 6.07) is 3.97. The molecular weight excluding hydrogens is 226 g/mol. The molecule has 5 nitrogen and oxygen atoms in total. The van der Waals surface area contributed by atoms with E-state index in [0.717, 1.165) is 24.6 Å². The molecule has 2 rings (SSSR count). The van der Waals surface area contributed by atoms with E-state index in [2.05, 4.69) is 26.8 Å². The Kier molecular flexibility index (Phi) is 3.82. The first-order chi connectivity index (χ1) is 8.72. The zero-order valence-corrected chi connectivity index (χ0v) is 11.1. The Labute approximate surface area is 107 Å². The van der Waals surface area contributed by atoms with Crippen molar-refractivity contribution in [3.63, 3.8) is 0 Å². The summed E-state index contributed by atoms with van der Waals surface area (Å²) >= 11 is 0. The van der Waals surface area contributed by atoms with E-state index < -0.39 is 0 Å². The molecule has 0 aliphatic carbocycles. The minimum absolute atomic E-state index is 0.750. The molecule has 0 aliphatic rings. The van der Waals surface area contributed by atoms with Gasteiger partial charge in [0.1, 0.15) is 0 Å². The van der Waals surface area contributed by atoms with Crippen molar-refractivity contribution < 1.29 is 0 Å². The molecule has 0 amide bonds. The van der Waals surface area contributed by atoms with Gasteiger partial charge in [-0.2, -0.15) is 0 Å². The first-order valence-corrected chi connectivity index (χ1v) is 6.07. The van der Waals surface area contributed by atoms with Crippen LogP contribution in [0.3, 0.4) is 0 Å². The van der Waals surface area contributed by atoms with E-state index in [4.69, 9.17) is 0 Å². The highest BCUT2D eigenvalue weighted by Gasteiger charge is 2.06. The molecule has 2 aromatic heterocycles. The fraction of sp³-hybridized carbons (Fsp3) is 0.385. The number of aryl methyl sites for hydroxylation is 1. The van der Waals surface area contributed by atoms with E-state index in [1.807, 2.05) is 43.7 Å². The Hall–Kier alpha value is -2.04. The van der Waals surface area contributed by atoms with Gasteiger partial charge < -0.3 is 14.8 Å². The van der Waals surface area contributed by atoms with Gasteiger partial charge in [-0.3, -0.25) is 0 Å². The molecule has 18 heavy (non-hydrogen) atoms. The number of pyridine rings is 1. The third-order valence-corrected chi connectivity index (χ3v) is 2.81. The van der Waals surface area contributed by atoms with Crippen LogP contribution in [0.2, 0.25) is 0 Å². The maximum Gasteiger partial charge on any atom is 0.151 e. The molecule has 0 aliphatic heterocycles. The van der Waals surface area contributed by atoms with Gasteiger partial charge >= 0.3 is 0 Å². The van der Waals surface area contributed by atoms with E-state index in [9.17, 15) is 0 Å². The first kappa shape index (κ1) is 12.4. The van der Waals surface area contributed by atoms with Gasteiger partial charge in [0.25, 0.3) is 0 Å². The maximum atomic E-state index is 4.36. The number of nitrogens with zero attached hydrogens (tertiary/aromatic N) is 4. The van der Waals surface area contributed by atoms with Crippen molar-refractivity contribution >= 4 is 11.5 Å². The van der Waals surface area contributed by atoms with Crippen LogP contribution in [0.1, 0.15) is 12.6 Å². The van der Waals surface area contributed by atoms with Crippen LogP contribution in [0.15, 0.2) is 30.9 Å². The van der Waals surface area contributed by atoms with Crippen LogP contribution in [0, 0.1) is 0 Å². The van der Waals surface area contributed by atoms with Gasteiger partial charge in [0.2, 0.25) is 0 Å². The molecule has 0 bridgehead atoms. The number of anilines is 2. The van der Waals surface area contributed by atoms with Crippen LogP contribution < -0.4 is 10.2 Å². The van der Waals surface area contributed by atoms with Crippen LogP contribution in [0.4, 0.5) is 11.5 Å². The van der Waals surface area contributed by atoms with Gasteiger partial charge in [0.05, 0.1) is 24.3 Å². The lowest BCUT2D eigenvalue weighted by Gasteiger charge is -2.17. The van der Waals surface area contributed by atoms with E-state index >= 15 is 0 Å². The normalized spacial score (nSPS) is 10.4. The Bertz CT molecular complexity index is 504. The number of rotatable bonds is 5. The van der Waals surface area contributed by atoms with Crippen molar-refractivity contribution in [1.82, 2.24) is 14.5 Å². The molecule has 2 heterocycles. The van der Waals surface area contributed by atoms with Crippen molar-refractivity contribution in [1.29, 1.82) is 0 Å². The average Bonchev–Trinajstić information content (AvgIpc) is 2.84. The monoisotopic (exact) mass is 245 g/mol. The number of hydrogen-bond acceptors (Lipinski definition) is 4. The van der Waals surface area contributed by atoms with Crippen molar-refractivity contribution in [2.45, 2.75) is 20.0 Å². The van der Waals surface area contributed by atoms with E-state index in [-0.39, 0.29) is 0 Å². The molecule has 0 atom stereocenters. The molecule has 1 N–H and O–H groups in total. The summed E-state index contributed by atoms with van der Waals surface area (Å²) in [5, 5.41) is 3.41. The van der Waals surface area contributed by atoms with Gasteiger partial charge in [0, 0.05) is 33.0 Å². The number of nitrogens with one attached hydrogen (secondary N) is 1. The largest absolute Gasteiger partial charge is 0.376 e. The van der Waals surface area contributed by atoms with Crippen LogP contribution in [-0.2, 0) is 13.1 Å². The summed E-state index contributed by atoms with van der Waals surface area (Å²) in [6.07, 6.45) is 5.55. The second-order valence-corrected chi connectivity index (χ2v) is 4.29. The molecule has 0 fully saturated rings. The minimum Gasteiger partial charge on any atom is -0.376 e. The summed E-state index contributed by atoms with van der Waals surface area (Å²) < 4.78 is 2.12. The van der Waals surface area contributed by atoms with E-state index in [1.165, 1.54) is 5.69 Å². The fourth-order valence-electron chi connectivity index (χ4n) is 1.86. The van der Waals surface area contributed by atoms with Gasteiger partial charge in [0.15, 0.2) is 5.82 Å². The number of aromatic nitrogens is 3. The molecule has 0 spiro atoms. The van der Waals surface area contributed by atoms with Crippen LogP contribution in [0.25, 0.3) is 0 Å². The highest BCUT2D eigenvalue weighted by molar-refractivity contribution is 5.64. The maximum absolute atomic E-state index is 4.36. The third-order valence-electron chi connectivity index (χ3n) is 2.81. The molecule has 2 aromatic rings. The molecule has 0 saturated heterocycles. The van der Waals surface area contributed by atoms with Crippen molar-refractivity contribution in [2.75, 3.05) is 24.3 Å². The lowest BCUT2D eigenvalue weighted by Crippen LogP contribution is -2.14. The highest BCUT2D eigenvalue weighted by atomic mass is 15.2. The summed E-state index contributed by atoms with van der Waals surface area (Å²) in [5.74, 6) is 0.945. The molecule has 5 heteroatoms. The Balaban J connectivity index is 2.11. The zero-order chi connectivity index (χ0) is 13.0. The van der Waals surface area contributed by atoms with Gasteiger partial charge in [-0.25, -0.2) is 9.97 Å². The van der Waals surface area contributed by atoms with Crippen LogP contribution in [-0.4, -0.2) is 28.6 Å². The zero-order valence-electron chi connectivity index (χ0n) is 11.1. The standard InChI is InChI=1S/C13H19N5/c1-4-18-10-14-8-11(18)9-16-12-6-5-7-15-13(12)17(2)3/h5-8,10,16H,4,9H2,1-3H3. The van der Waals surface area contributed by atoms with Crippen LogP contribution >= 0.6 is 0 Å². The van der Waals surface area contributed by atoms with E-state index in [0.29, 0.717) is 0 Å². The van der Waals surface area contributed by atoms with Crippen molar-refractivity contribution in [3.8, 4) is 0 Å². The smallest absolute Gasteiger partial charge is 0.151 e. The Morgan fingerprint density at radius 2 is 2.22 bits per heavy atom. The third kappa shape index (κ3) is 2.61. The highest BCUT2D eigenvalue weighted by Crippen LogP contribution is 2.20. The van der Waals surface area contributed by atoms with Crippen LogP contribution in [0.5, 0.6) is 0 Å². The molecule has 96 valence electrons. The second kappa shape index (κ2) is 5.53. The summed E-state index contributed by atoms with van der Waals surface area (Å²) in [5.41, 5.74) is 2.21. The van der Waals surface area contributed by atoms with Gasteiger partial charge in [-0.1, -0.05) is 0 Å². The topological polar surface area (TPSA) is 46.0 Å². The number of imidazole rings is 1. The summed E-state index contributed by atoms with van der Waals surface area (Å²) in [6.45, 7) is 3.80. The Morgan fingerprint density at radius 3 is 2.94 bits per heavy atom. The Morgan fingerprint density at radius 1 is 1.39 bits per heavy atom. The quantitative estimate of drug-likeness (QED) is 0.875. The molecule has 0 saturated carbocycles. The van der Waals surface area contributed by atoms with Crippen molar-refractivity contribution in [3.05, 3.63) is 36.5 Å². The van der Waals surface area contributed by atoms with Gasteiger partial charge in [-0.15, -0.1) is 0 Å².